The fourth-order valence-electron chi connectivity index (χ4n) is 2.71. The van der Waals surface area contributed by atoms with E-state index in [4.69, 9.17) is 9.47 Å². The normalized spacial score (nSPS) is 10.9. The lowest BCUT2D eigenvalue weighted by Crippen LogP contribution is -2.07. The summed E-state index contributed by atoms with van der Waals surface area (Å²) >= 11 is 1.17. The summed E-state index contributed by atoms with van der Waals surface area (Å²) in [7, 11) is 1.59. The van der Waals surface area contributed by atoms with Crippen LogP contribution in [0.4, 0.5) is 5.13 Å². The number of ketones is 1. The first-order valence-corrected chi connectivity index (χ1v) is 10.5. The molecular formula is C22H28N2O4S. The number of nitrogens with one attached hydrogen (secondary N) is 1. The number of benzene rings is 1. The zero-order valence-corrected chi connectivity index (χ0v) is 18.2. The summed E-state index contributed by atoms with van der Waals surface area (Å²) < 4.78 is 11.2. The number of Topliss-reactive ketones (excluding diaryl/α,β-unsaturated/α-hetero) is 1. The molecule has 1 N–H and O–H groups in total. The minimum Gasteiger partial charge on any atom is -0.493 e. The fraction of sp³-hybridized carbons (Fsp3) is 0.409. The van der Waals surface area contributed by atoms with Gasteiger partial charge < -0.3 is 9.47 Å². The highest BCUT2D eigenvalue weighted by Crippen LogP contribution is 2.29. The molecule has 0 aliphatic rings. The van der Waals surface area contributed by atoms with Crippen molar-refractivity contribution in [3.8, 4) is 11.5 Å². The van der Waals surface area contributed by atoms with E-state index in [9.17, 15) is 9.59 Å². The van der Waals surface area contributed by atoms with Gasteiger partial charge >= 0.3 is 0 Å². The smallest absolute Gasteiger partial charge is 0.250 e. The Hall–Kier alpha value is -2.67. The van der Waals surface area contributed by atoms with Gasteiger partial charge in [-0.3, -0.25) is 14.9 Å². The summed E-state index contributed by atoms with van der Waals surface area (Å²) in [5.74, 6) is 0.949. The molecule has 156 valence electrons. The molecule has 2 rings (SSSR count). The zero-order valence-electron chi connectivity index (χ0n) is 17.4. The third-order valence-corrected chi connectivity index (χ3v) is 5.39. The molecule has 7 heteroatoms. The number of carbonyl (C=O) groups excluding carboxylic acids is 2. The van der Waals surface area contributed by atoms with Crippen molar-refractivity contribution in [2.24, 2.45) is 0 Å². The summed E-state index contributed by atoms with van der Waals surface area (Å²) in [4.78, 5) is 28.4. The average molecular weight is 417 g/mol. The van der Waals surface area contributed by atoms with Gasteiger partial charge in [0.15, 0.2) is 22.4 Å². The molecule has 1 amide bonds. The van der Waals surface area contributed by atoms with Gasteiger partial charge in [-0.25, -0.2) is 4.98 Å². The lowest BCUT2D eigenvalue weighted by molar-refractivity contribution is -0.111. The first kappa shape index (κ1) is 22.6. The Kier molecular flexibility index (Phi) is 8.86. The van der Waals surface area contributed by atoms with Crippen LogP contribution in [0, 0.1) is 6.92 Å². The number of ether oxygens (including phenoxy) is 2. The molecule has 0 aliphatic heterocycles. The van der Waals surface area contributed by atoms with Crippen molar-refractivity contribution < 1.29 is 19.1 Å². The number of hydrogen-bond acceptors (Lipinski definition) is 6. The van der Waals surface area contributed by atoms with Gasteiger partial charge in [-0.1, -0.05) is 43.6 Å². The number of hydrogen-bond donors (Lipinski definition) is 1. The second-order valence-corrected chi connectivity index (χ2v) is 7.63. The van der Waals surface area contributed by atoms with Gasteiger partial charge in [0.2, 0.25) is 5.91 Å². The number of anilines is 1. The second-order valence-electron chi connectivity index (χ2n) is 6.63. The highest BCUT2D eigenvalue weighted by molar-refractivity contribution is 7.17. The molecule has 2 aromatic rings. The summed E-state index contributed by atoms with van der Waals surface area (Å²) in [6.45, 7) is 6.07. The number of aryl methyl sites for hydroxylation is 1. The van der Waals surface area contributed by atoms with Gasteiger partial charge in [0, 0.05) is 13.0 Å². The van der Waals surface area contributed by atoms with Gasteiger partial charge in [0.1, 0.15) is 0 Å². The van der Waals surface area contributed by atoms with E-state index in [1.807, 2.05) is 18.2 Å². The topological polar surface area (TPSA) is 77.5 Å². The Labute approximate surface area is 176 Å². The van der Waals surface area contributed by atoms with E-state index in [2.05, 4.69) is 17.2 Å². The summed E-state index contributed by atoms with van der Waals surface area (Å²) in [6.07, 6.45) is 7.68. The van der Waals surface area contributed by atoms with Gasteiger partial charge in [-0.05, 0) is 37.1 Å². The fourth-order valence-corrected chi connectivity index (χ4v) is 3.58. The molecule has 1 aromatic heterocycles. The molecular weight excluding hydrogens is 388 g/mol. The standard InChI is InChI=1S/C22H28N2O4S/c1-5-6-7-8-13-28-18-11-9-17(14-19(18)27-4)10-12-20(26)24-22-23-15(2)21(29-22)16(3)25/h9-12,14H,5-8,13H2,1-4H3,(H,23,24,26)/b12-10+. The van der Waals surface area contributed by atoms with Crippen molar-refractivity contribution in [2.45, 2.75) is 46.5 Å². The van der Waals surface area contributed by atoms with Crippen LogP contribution in [0.2, 0.25) is 0 Å². The SMILES string of the molecule is CCCCCCOc1ccc(/C=C/C(=O)Nc2nc(C)c(C(C)=O)s2)cc1OC. The van der Waals surface area contributed by atoms with E-state index < -0.39 is 0 Å². The Balaban J connectivity index is 1.96. The lowest BCUT2D eigenvalue weighted by Gasteiger charge is -2.11. The summed E-state index contributed by atoms with van der Waals surface area (Å²) in [6, 6.07) is 5.54. The lowest BCUT2D eigenvalue weighted by atomic mass is 10.2. The number of carbonyl (C=O) groups is 2. The minimum absolute atomic E-state index is 0.0594. The van der Waals surface area contributed by atoms with E-state index in [0.717, 1.165) is 18.4 Å². The number of aromatic nitrogens is 1. The van der Waals surface area contributed by atoms with Crippen molar-refractivity contribution in [1.82, 2.24) is 4.98 Å². The number of nitrogens with zero attached hydrogens (tertiary/aromatic N) is 1. The Bertz CT molecular complexity index is 874. The third kappa shape index (κ3) is 7.02. The van der Waals surface area contributed by atoms with Crippen molar-refractivity contribution in [3.05, 3.63) is 40.4 Å². The van der Waals surface area contributed by atoms with Gasteiger partial charge in [-0.2, -0.15) is 0 Å². The molecule has 6 nitrogen and oxygen atoms in total. The Morgan fingerprint density at radius 2 is 2.00 bits per heavy atom. The van der Waals surface area contributed by atoms with Crippen LogP contribution < -0.4 is 14.8 Å². The molecule has 0 saturated carbocycles. The number of unbranched alkanes of at least 4 members (excludes halogenated alkanes) is 3. The van der Waals surface area contributed by atoms with Crippen LogP contribution >= 0.6 is 11.3 Å². The number of methoxy groups -OCH3 is 1. The molecule has 29 heavy (non-hydrogen) atoms. The summed E-state index contributed by atoms with van der Waals surface area (Å²) in [5.41, 5.74) is 1.44. The van der Waals surface area contributed by atoms with Gasteiger partial charge in [-0.15, -0.1) is 0 Å². The van der Waals surface area contributed by atoms with Crippen LogP contribution in [0.5, 0.6) is 11.5 Å². The number of thiazole rings is 1. The van der Waals surface area contributed by atoms with Crippen molar-refractivity contribution >= 4 is 34.2 Å². The van der Waals surface area contributed by atoms with Crippen LogP contribution in [0.3, 0.4) is 0 Å². The van der Waals surface area contributed by atoms with Crippen LogP contribution in [-0.4, -0.2) is 30.4 Å². The molecule has 0 bridgehead atoms. The van der Waals surface area contributed by atoms with E-state index in [-0.39, 0.29) is 11.7 Å². The highest BCUT2D eigenvalue weighted by Gasteiger charge is 2.12. The van der Waals surface area contributed by atoms with Gasteiger partial charge in [0.25, 0.3) is 0 Å². The van der Waals surface area contributed by atoms with Crippen molar-refractivity contribution in [2.75, 3.05) is 19.0 Å². The van der Waals surface area contributed by atoms with E-state index >= 15 is 0 Å². The van der Waals surface area contributed by atoms with Crippen molar-refractivity contribution in [1.29, 1.82) is 0 Å². The highest BCUT2D eigenvalue weighted by atomic mass is 32.1. The van der Waals surface area contributed by atoms with Gasteiger partial charge in [0.05, 0.1) is 24.3 Å². The largest absolute Gasteiger partial charge is 0.493 e. The molecule has 0 saturated heterocycles. The van der Waals surface area contributed by atoms with Crippen LogP contribution in [-0.2, 0) is 4.79 Å². The molecule has 0 spiro atoms. The molecule has 0 aliphatic carbocycles. The molecule has 0 unspecified atom stereocenters. The van der Waals surface area contributed by atoms with E-state index in [1.54, 1.807) is 20.1 Å². The second kappa shape index (κ2) is 11.4. The average Bonchev–Trinajstić information content (AvgIpc) is 3.07. The van der Waals surface area contributed by atoms with Crippen molar-refractivity contribution in [3.63, 3.8) is 0 Å². The zero-order chi connectivity index (χ0) is 21.2. The maximum absolute atomic E-state index is 12.2. The quantitative estimate of drug-likeness (QED) is 0.307. The third-order valence-electron chi connectivity index (χ3n) is 4.22. The minimum atomic E-state index is -0.316. The predicted molar refractivity (Wildman–Crippen MR) is 117 cm³/mol. The van der Waals surface area contributed by atoms with E-state index in [1.165, 1.54) is 37.2 Å². The monoisotopic (exact) mass is 416 g/mol. The number of amides is 1. The molecule has 1 heterocycles. The maximum Gasteiger partial charge on any atom is 0.250 e. The van der Waals surface area contributed by atoms with Crippen LogP contribution in [0.15, 0.2) is 24.3 Å². The molecule has 1 aromatic carbocycles. The number of rotatable bonds is 11. The van der Waals surface area contributed by atoms with E-state index in [0.29, 0.717) is 33.8 Å². The maximum atomic E-state index is 12.2. The summed E-state index contributed by atoms with van der Waals surface area (Å²) in [5, 5.41) is 3.10. The Morgan fingerprint density at radius 1 is 1.21 bits per heavy atom. The van der Waals surface area contributed by atoms with Crippen LogP contribution in [0.25, 0.3) is 6.08 Å². The molecule has 0 atom stereocenters. The first-order chi connectivity index (χ1) is 13.9. The molecule has 0 radical (unpaired) electrons. The first-order valence-electron chi connectivity index (χ1n) is 9.72. The predicted octanol–water partition coefficient (Wildman–Crippen LogP) is 5.27. The Morgan fingerprint density at radius 3 is 2.66 bits per heavy atom. The van der Waals surface area contributed by atoms with Crippen LogP contribution in [0.1, 0.15) is 60.5 Å². The molecule has 0 fully saturated rings.